The van der Waals surface area contributed by atoms with Crippen LogP contribution in [0, 0.1) is 13.8 Å². The smallest absolute Gasteiger partial charge is 0.410 e. The number of aromatic amines is 1. The molecule has 0 saturated carbocycles. The van der Waals surface area contributed by atoms with Gasteiger partial charge in [0, 0.05) is 39.1 Å². The summed E-state index contributed by atoms with van der Waals surface area (Å²) in [5, 5.41) is 15.0. The Morgan fingerprint density at radius 2 is 1.94 bits per heavy atom. The zero-order valence-electron chi connectivity index (χ0n) is 18.0. The summed E-state index contributed by atoms with van der Waals surface area (Å²) in [7, 11) is 1.45. The fourth-order valence-corrected chi connectivity index (χ4v) is 3.68. The fourth-order valence-electron chi connectivity index (χ4n) is 3.45. The van der Waals surface area contributed by atoms with E-state index in [1.54, 1.807) is 13.0 Å². The summed E-state index contributed by atoms with van der Waals surface area (Å²) in [5.74, 6) is 0.191. The highest BCUT2D eigenvalue weighted by atomic mass is 79.9. The molecule has 3 rings (SSSR count). The summed E-state index contributed by atoms with van der Waals surface area (Å²) in [4.78, 5) is 31.5. The van der Waals surface area contributed by atoms with E-state index in [1.165, 1.54) is 7.11 Å². The topological polar surface area (TPSA) is 116 Å². The maximum atomic E-state index is 13.2. The number of carbonyl (C=O) groups is 2. The monoisotopic (exact) mass is 488 g/mol. The number of aryl methyl sites for hydroxylation is 2. The molecule has 0 unspecified atom stereocenters. The van der Waals surface area contributed by atoms with Crippen molar-refractivity contribution in [3.05, 3.63) is 52.2 Å². The van der Waals surface area contributed by atoms with Gasteiger partial charge in [-0.2, -0.15) is 4.98 Å². The number of nitrogens with one attached hydrogen (secondary N) is 3. The largest absolute Gasteiger partial charge is 0.481 e. The van der Waals surface area contributed by atoms with Gasteiger partial charge in [-0.1, -0.05) is 15.9 Å². The minimum Gasteiger partial charge on any atom is -0.481 e. The van der Waals surface area contributed by atoms with Crippen molar-refractivity contribution in [1.29, 1.82) is 0 Å². The summed E-state index contributed by atoms with van der Waals surface area (Å²) in [6.45, 7) is 8.00. The van der Waals surface area contributed by atoms with E-state index in [9.17, 15) is 9.59 Å². The average Bonchev–Trinajstić information content (AvgIpc) is 3.05. The first-order valence-electron chi connectivity index (χ1n) is 9.65. The molecule has 0 bridgehead atoms. The van der Waals surface area contributed by atoms with Crippen LogP contribution in [-0.4, -0.2) is 34.2 Å². The third kappa shape index (κ3) is 4.82. The lowest BCUT2D eigenvalue weighted by Gasteiger charge is -2.19. The number of hydrogen-bond donors (Lipinski definition) is 4. The van der Waals surface area contributed by atoms with Gasteiger partial charge in [-0.3, -0.25) is 10.1 Å². The summed E-state index contributed by atoms with van der Waals surface area (Å²) in [6.07, 6.45) is 0.674. The SMILES string of the molecule is COc1nc(NC(=O)O)cc(C)c1CNC(=O)c1cc(C(C)(C)Br)cc2[nH]cc(C)c12. The number of aromatic nitrogens is 2. The Morgan fingerprint density at radius 1 is 1.23 bits per heavy atom. The number of carboxylic acid groups (broad SMARTS) is 1. The Bertz CT molecular complexity index is 1160. The molecule has 0 atom stereocenters. The van der Waals surface area contributed by atoms with Crippen molar-refractivity contribution in [3.63, 3.8) is 0 Å². The highest BCUT2D eigenvalue weighted by Crippen LogP contribution is 2.34. The molecule has 0 aliphatic heterocycles. The van der Waals surface area contributed by atoms with Crippen molar-refractivity contribution in [3.8, 4) is 5.88 Å². The van der Waals surface area contributed by atoms with Gasteiger partial charge in [-0.05, 0) is 62.6 Å². The minimum atomic E-state index is -1.21. The summed E-state index contributed by atoms with van der Waals surface area (Å²) in [6, 6.07) is 5.54. The third-order valence-electron chi connectivity index (χ3n) is 5.07. The quantitative estimate of drug-likeness (QED) is 0.370. The third-order valence-corrected chi connectivity index (χ3v) is 5.53. The van der Waals surface area contributed by atoms with Crippen LogP contribution >= 0.6 is 15.9 Å². The van der Waals surface area contributed by atoms with Crippen molar-refractivity contribution < 1.29 is 19.4 Å². The molecule has 2 heterocycles. The van der Waals surface area contributed by atoms with Gasteiger partial charge in [0.15, 0.2) is 0 Å². The number of rotatable bonds is 6. The zero-order chi connectivity index (χ0) is 22.9. The van der Waals surface area contributed by atoms with E-state index in [0.717, 1.165) is 27.6 Å². The van der Waals surface area contributed by atoms with Gasteiger partial charge in [0.05, 0.1) is 7.11 Å². The van der Waals surface area contributed by atoms with Crippen molar-refractivity contribution in [2.45, 2.75) is 38.6 Å². The predicted molar refractivity (Wildman–Crippen MR) is 123 cm³/mol. The van der Waals surface area contributed by atoms with E-state index in [2.05, 4.69) is 36.5 Å². The number of pyridine rings is 1. The van der Waals surface area contributed by atoms with Crippen LogP contribution in [0.2, 0.25) is 0 Å². The van der Waals surface area contributed by atoms with Crippen LogP contribution in [0.5, 0.6) is 5.88 Å². The number of carbonyl (C=O) groups excluding carboxylic acids is 1. The fraction of sp³-hybridized carbons (Fsp3) is 0.318. The molecular formula is C22H25BrN4O4. The van der Waals surface area contributed by atoms with Gasteiger partial charge in [0.2, 0.25) is 5.88 Å². The molecule has 0 radical (unpaired) electrons. The number of methoxy groups -OCH3 is 1. The Kier molecular flexibility index (Phi) is 6.26. The lowest BCUT2D eigenvalue weighted by atomic mass is 9.96. The number of hydrogen-bond acceptors (Lipinski definition) is 4. The minimum absolute atomic E-state index is 0.161. The van der Waals surface area contributed by atoms with Gasteiger partial charge in [-0.25, -0.2) is 4.79 Å². The molecule has 0 saturated heterocycles. The van der Waals surface area contributed by atoms with E-state index in [1.807, 2.05) is 39.1 Å². The van der Waals surface area contributed by atoms with Crippen molar-refractivity contribution in [2.75, 3.05) is 12.4 Å². The molecule has 2 amide bonds. The maximum absolute atomic E-state index is 13.2. The first-order valence-corrected chi connectivity index (χ1v) is 10.4. The lowest BCUT2D eigenvalue weighted by molar-refractivity contribution is 0.0952. The van der Waals surface area contributed by atoms with Crippen molar-refractivity contribution in [2.24, 2.45) is 0 Å². The van der Waals surface area contributed by atoms with Crippen LogP contribution < -0.4 is 15.4 Å². The van der Waals surface area contributed by atoms with Gasteiger partial charge in [0.1, 0.15) is 5.82 Å². The molecule has 0 spiro atoms. The molecular weight excluding hydrogens is 464 g/mol. The molecule has 164 valence electrons. The summed E-state index contributed by atoms with van der Waals surface area (Å²) < 4.78 is 5.02. The predicted octanol–water partition coefficient (Wildman–Crippen LogP) is 4.84. The maximum Gasteiger partial charge on any atom is 0.410 e. The number of H-pyrrole nitrogens is 1. The standard InChI is InChI=1S/C22H25BrN4O4/c1-11-6-17(27-21(29)30)26-20(31-5)15(11)10-25-19(28)14-7-13(22(3,4)23)8-16-18(14)12(2)9-24-16/h6-9,24H,10H2,1-5H3,(H,25,28)(H,26,27)(H,29,30). The Morgan fingerprint density at radius 3 is 2.55 bits per heavy atom. The lowest BCUT2D eigenvalue weighted by Crippen LogP contribution is -2.25. The number of fused-ring (bicyclic) bond motifs is 1. The second-order valence-corrected chi connectivity index (χ2v) is 9.80. The van der Waals surface area contributed by atoms with Crippen molar-refractivity contribution in [1.82, 2.24) is 15.3 Å². The molecule has 0 aliphatic rings. The Hall–Kier alpha value is -3.07. The Labute approximate surface area is 188 Å². The number of halogens is 1. The van der Waals surface area contributed by atoms with E-state index in [0.29, 0.717) is 11.1 Å². The average molecular weight is 489 g/mol. The molecule has 0 fully saturated rings. The summed E-state index contributed by atoms with van der Waals surface area (Å²) in [5.41, 5.74) is 4.85. The number of benzene rings is 1. The van der Waals surface area contributed by atoms with Gasteiger partial charge in [-0.15, -0.1) is 0 Å². The molecule has 1 aromatic carbocycles. The molecule has 9 heteroatoms. The number of nitrogens with zero attached hydrogens (tertiary/aromatic N) is 1. The number of ether oxygens (including phenoxy) is 1. The van der Waals surface area contributed by atoms with E-state index in [-0.39, 0.29) is 28.5 Å². The van der Waals surface area contributed by atoms with Crippen molar-refractivity contribution >= 4 is 44.7 Å². The number of anilines is 1. The molecule has 31 heavy (non-hydrogen) atoms. The van der Waals surface area contributed by atoms with Crippen LogP contribution in [0.3, 0.4) is 0 Å². The first kappa shape index (κ1) is 22.6. The summed E-state index contributed by atoms with van der Waals surface area (Å²) >= 11 is 3.67. The van der Waals surface area contributed by atoms with Crippen LogP contribution in [0.15, 0.2) is 24.4 Å². The molecule has 4 N–H and O–H groups in total. The molecule has 0 aliphatic carbocycles. The zero-order valence-corrected chi connectivity index (χ0v) is 19.6. The number of amides is 2. The van der Waals surface area contributed by atoms with Crippen LogP contribution in [0.4, 0.5) is 10.6 Å². The first-order chi connectivity index (χ1) is 14.5. The highest BCUT2D eigenvalue weighted by Gasteiger charge is 2.22. The molecule has 8 nitrogen and oxygen atoms in total. The van der Waals surface area contributed by atoms with Gasteiger partial charge in [0.25, 0.3) is 5.91 Å². The molecule has 3 aromatic rings. The van der Waals surface area contributed by atoms with Gasteiger partial charge >= 0.3 is 6.09 Å². The second-order valence-electron chi connectivity index (χ2n) is 7.82. The Balaban J connectivity index is 1.93. The molecule has 2 aromatic heterocycles. The van der Waals surface area contributed by atoms with E-state index >= 15 is 0 Å². The van der Waals surface area contributed by atoms with Crippen LogP contribution in [-0.2, 0) is 10.9 Å². The van der Waals surface area contributed by atoms with E-state index < -0.39 is 6.09 Å². The van der Waals surface area contributed by atoms with E-state index in [4.69, 9.17) is 9.84 Å². The van der Waals surface area contributed by atoms with Crippen LogP contribution in [0.25, 0.3) is 10.9 Å². The van der Waals surface area contributed by atoms with Gasteiger partial charge < -0.3 is 20.1 Å². The van der Waals surface area contributed by atoms with Crippen LogP contribution in [0.1, 0.15) is 46.5 Å². The normalized spacial score (nSPS) is 11.4. The number of alkyl halides is 1. The second kappa shape index (κ2) is 8.58. The highest BCUT2D eigenvalue weighted by molar-refractivity contribution is 9.09.